The van der Waals surface area contributed by atoms with Crippen molar-refractivity contribution in [3.63, 3.8) is 0 Å². The zero-order chi connectivity index (χ0) is 22.4. The molecule has 1 amide bonds. The van der Waals surface area contributed by atoms with Crippen molar-refractivity contribution in [1.82, 2.24) is 14.8 Å². The fourth-order valence-electron chi connectivity index (χ4n) is 4.19. The number of aryl methyl sites for hydroxylation is 3. The van der Waals surface area contributed by atoms with E-state index in [-0.39, 0.29) is 12.0 Å². The Morgan fingerprint density at radius 3 is 2.56 bits per heavy atom. The summed E-state index contributed by atoms with van der Waals surface area (Å²) in [6.07, 6.45) is 5.76. The molecule has 0 atom stereocenters. The van der Waals surface area contributed by atoms with Gasteiger partial charge in [0.05, 0.1) is 11.2 Å². The van der Waals surface area contributed by atoms with Crippen LogP contribution in [0.1, 0.15) is 61.6 Å². The number of hydrogen-bond acceptors (Lipinski definition) is 4. The van der Waals surface area contributed by atoms with Crippen molar-refractivity contribution >= 4 is 28.4 Å². The molecule has 2 aliphatic rings. The van der Waals surface area contributed by atoms with Gasteiger partial charge in [-0.15, -0.1) is 5.10 Å². The molecule has 0 N–H and O–H groups in total. The molecule has 5 rings (SSSR count). The number of anilines is 2. The molecule has 2 fully saturated rings. The predicted octanol–water partition coefficient (Wildman–Crippen LogP) is 5.08. The molecule has 0 spiro atoms. The van der Waals surface area contributed by atoms with Gasteiger partial charge in [-0.2, -0.15) is 0 Å². The number of pyridine rings is 1. The van der Waals surface area contributed by atoms with E-state index in [0.29, 0.717) is 23.1 Å². The quantitative estimate of drug-likeness (QED) is 0.532. The van der Waals surface area contributed by atoms with E-state index in [1.165, 1.54) is 17.5 Å². The molecule has 2 saturated carbocycles. The number of nitrogens with zero attached hydrogens (tertiary/aromatic N) is 4. The molecule has 0 radical (unpaired) electrons. The van der Waals surface area contributed by atoms with Crippen LogP contribution >= 0.6 is 0 Å². The maximum Gasteiger partial charge on any atom is 0.308 e. The summed E-state index contributed by atoms with van der Waals surface area (Å²) in [5, 5.41) is 4.55. The van der Waals surface area contributed by atoms with Gasteiger partial charge in [-0.05, 0) is 99.6 Å². The number of rotatable bonds is 5. The van der Waals surface area contributed by atoms with Crippen molar-refractivity contribution in [2.45, 2.75) is 64.9 Å². The predicted molar refractivity (Wildman–Crippen MR) is 125 cm³/mol. The molecule has 32 heavy (non-hydrogen) atoms. The Balaban J connectivity index is 1.66. The third kappa shape index (κ3) is 3.62. The van der Waals surface area contributed by atoms with Gasteiger partial charge in [-0.25, -0.2) is 4.98 Å². The molecule has 0 unspecified atom stereocenters. The Morgan fingerprint density at radius 1 is 1.16 bits per heavy atom. The van der Waals surface area contributed by atoms with Gasteiger partial charge < -0.3 is 4.74 Å². The van der Waals surface area contributed by atoms with Crippen LogP contribution in [-0.4, -0.2) is 26.8 Å². The summed E-state index contributed by atoms with van der Waals surface area (Å²) >= 11 is 0. The standard InChI is InChI=1S/C26H28N4O2/c1-5-7-24(31)30(22-15-17(3)16(2)14-20(22)18-10-11-18)23-13-12-21-25(27-23)26(28-29(21)4)32-19-8-6-9-19/h12-15,18-19H,6,8-11H2,1-4H3. The number of carbonyl (C=O) groups excluding carboxylic acids is 1. The van der Waals surface area contributed by atoms with Crippen LogP contribution in [0.3, 0.4) is 0 Å². The van der Waals surface area contributed by atoms with Crippen LogP contribution in [0.15, 0.2) is 24.3 Å². The normalized spacial score (nSPS) is 15.8. The van der Waals surface area contributed by atoms with Crippen molar-refractivity contribution in [1.29, 1.82) is 0 Å². The summed E-state index contributed by atoms with van der Waals surface area (Å²) in [4.78, 5) is 19.8. The first kappa shape index (κ1) is 20.6. The first-order chi connectivity index (χ1) is 15.5. The average molecular weight is 429 g/mol. The Morgan fingerprint density at radius 2 is 1.91 bits per heavy atom. The van der Waals surface area contributed by atoms with Gasteiger partial charge >= 0.3 is 5.91 Å². The summed E-state index contributed by atoms with van der Waals surface area (Å²) in [5.41, 5.74) is 5.99. The van der Waals surface area contributed by atoms with E-state index in [0.717, 1.165) is 42.5 Å². The second kappa shape index (κ2) is 7.98. The smallest absolute Gasteiger partial charge is 0.308 e. The van der Waals surface area contributed by atoms with E-state index in [4.69, 9.17) is 9.72 Å². The van der Waals surface area contributed by atoms with E-state index in [1.807, 2.05) is 19.2 Å². The van der Waals surface area contributed by atoms with Crippen LogP contribution in [-0.2, 0) is 11.8 Å². The Bertz CT molecular complexity index is 1270. The lowest BCUT2D eigenvalue weighted by Gasteiger charge is -2.25. The summed E-state index contributed by atoms with van der Waals surface area (Å²) < 4.78 is 7.90. The van der Waals surface area contributed by atoms with Gasteiger partial charge in [0.15, 0.2) is 5.52 Å². The topological polar surface area (TPSA) is 60.3 Å². The number of hydrogen-bond donors (Lipinski definition) is 0. The van der Waals surface area contributed by atoms with Crippen molar-refractivity contribution < 1.29 is 9.53 Å². The minimum absolute atomic E-state index is 0.198. The highest BCUT2D eigenvalue weighted by Gasteiger charge is 2.31. The van der Waals surface area contributed by atoms with Gasteiger partial charge in [0.1, 0.15) is 11.9 Å². The molecule has 6 nitrogen and oxygen atoms in total. The molecular formula is C26H28N4O2. The third-order valence-corrected chi connectivity index (χ3v) is 6.55. The fraction of sp³-hybridized carbons (Fsp3) is 0.423. The highest BCUT2D eigenvalue weighted by Crippen LogP contribution is 2.46. The average Bonchev–Trinajstić information content (AvgIpc) is 3.53. The number of fused-ring (bicyclic) bond motifs is 1. The minimum atomic E-state index is -0.283. The molecule has 2 heterocycles. The molecule has 2 aliphatic carbocycles. The molecule has 6 heteroatoms. The van der Waals surface area contributed by atoms with Crippen LogP contribution < -0.4 is 9.64 Å². The van der Waals surface area contributed by atoms with Crippen molar-refractivity contribution in [3.05, 3.63) is 41.0 Å². The van der Waals surface area contributed by atoms with Gasteiger partial charge in [0.2, 0.25) is 0 Å². The van der Waals surface area contributed by atoms with Crippen molar-refractivity contribution in [2.24, 2.45) is 7.05 Å². The summed E-state index contributed by atoms with van der Waals surface area (Å²) in [5.74, 6) is 6.76. The first-order valence-corrected chi connectivity index (χ1v) is 11.3. The van der Waals surface area contributed by atoms with Crippen LogP contribution in [0, 0.1) is 25.7 Å². The Labute approximate surface area is 188 Å². The van der Waals surface area contributed by atoms with Crippen LogP contribution in [0.4, 0.5) is 11.5 Å². The van der Waals surface area contributed by atoms with Gasteiger partial charge in [-0.3, -0.25) is 14.4 Å². The van der Waals surface area contributed by atoms with Crippen molar-refractivity contribution in [3.8, 4) is 17.7 Å². The molecule has 164 valence electrons. The Kier molecular flexibility index (Phi) is 5.13. The number of aromatic nitrogens is 3. The van der Waals surface area contributed by atoms with E-state index >= 15 is 0 Å². The van der Waals surface area contributed by atoms with Gasteiger partial charge in [-0.1, -0.05) is 12.0 Å². The van der Waals surface area contributed by atoms with E-state index < -0.39 is 0 Å². The highest BCUT2D eigenvalue weighted by atomic mass is 16.5. The van der Waals surface area contributed by atoms with Gasteiger partial charge in [0.25, 0.3) is 5.88 Å². The molecule has 0 bridgehead atoms. The molecule has 0 saturated heterocycles. The molecule has 0 aliphatic heterocycles. The largest absolute Gasteiger partial charge is 0.472 e. The third-order valence-electron chi connectivity index (χ3n) is 6.55. The van der Waals surface area contributed by atoms with Crippen LogP contribution in [0.25, 0.3) is 11.0 Å². The molecule has 3 aromatic rings. The lowest BCUT2D eigenvalue weighted by atomic mass is 9.96. The SMILES string of the molecule is CC#CC(=O)N(c1ccc2c(n1)c(OC1CCC1)nn2C)c1cc(C)c(C)cc1C1CC1. The summed E-state index contributed by atoms with van der Waals surface area (Å²) in [7, 11) is 1.89. The van der Waals surface area contributed by atoms with Crippen LogP contribution in [0.2, 0.25) is 0 Å². The minimum Gasteiger partial charge on any atom is -0.472 e. The molecule has 1 aromatic carbocycles. The zero-order valence-corrected chi connectivity index (χ0v) is 19.1. The fourth-order valence-corrected chi connectivity index (χ4v) is 4.19. The Hall–Kier alpha value is -3.33. The number of carbonyl (C=O) groups is 1. The van der Waals surface area contributed by atoms with Crippen molar-refractivity contribution in [2.75, 3.05) is 4.90 Å². The lowest BCUT2D eigenvalue weighted by Crippen LogP contribution is -2.27. The molecular weight excluding hydrogens is 400 g/mol. The second-order valence-electron chi connectivity index (χ2n) is 8.92. The summed E-state index contributed by atoms with van der Waals surface area (Å²) in [6, 6.07) is 8.14. The lowest BCUT2D eigenvalue weighted by molar-refractivity contribution is -0.112. The zero-order valence-electron chi connectivity index (χ0n) is 19.1. The van der Waals surface area contributed by atoms with E-state index in [1.54, 1.807) is 16.5 Å². The maximum atomic E-state index is 13.3. The number of benzene rings is 1. The van der Waals surface area contributed by atoms with Gasteiger partial charge in [0, 0.05) is 7.05 Å². The van der Waals surface area contributed by atoms with Crippen LogP contribution in [0.5, 0.6) is 5.88 Å². The second-order valence-corrected chi connectivity index (χ2v) is 8.92. The monoisotopic (exact) mass is 428 g/mol. The number of amides is 1. The number of ether oxygens (including phenoxy) is 1. The van der Waals surface area contributed by atoms with E-state index in [9.17, 15) is 4.79 Å². The highest BCUT2D eigenvalue weighted by molar-refractivity contribution is 6.11. The molecule has 2 aromatic heterocycles. The van der Waals surface area contributed by atoms with E-state index in [2.05, 4.69) is 42.9 Å². The maximum absolute atomic E-state index is 13.3. The summed E-state index contributed by atoms with van der Waals surface area (Å²) in [6.45, 7) is 5.87. The first-order valence-electron chi connectivity index (χ1n) is 11.3.